The van der Waals surface area contributed by atoms with E-state index < -0.39 is 0 Å². The summed E-state index contributed by atoms with van der Waals surface area (Å²) in [6.07, 6.45) is 0. The summed E-state index contributed by atoms with van der Waals surface area (Å²) in [4.78, 5) is 0. The lowest BCUT2D eigenvalue weighted by Crippen LogP contribution is -3.00. The number of aliphatic hydroxyl groups is 1. The number of hydrogen-bond donors (Lipinski definition) is 1. The van der Waals surface area contributed by atoms with Crippen LogP contribution in [0.25, 0.3) is 0 Å². The molecule has 0 fully saturated rings. The van der Waals surface area contributed by atoms with Gasteiger partial charge >= 0.3 is 0 Å². The average Bonchev–Trinajstić information content (AvgIpc) is 2.41. The van der Waals surface area contributed by atoms with Crippen LogP contribution in [0.2, 0.25) is 0 Å². The van der Waals surface area contributed by atoms with E-state index in [1.807, 2.05) is 12.1 Å². The van der Waals surface area contributed by atoms with E-state index in [2.05, 4.69) is 62.6 Å². The summed E-state index contributed by atoms with van der Waals surface area (Å²) < 4.78 is 0.741. The lowest BCUT2D eigenvalue weighted by molar-refractivity contribution is -0.915. The Balaban J connectivity index is 0.00000200. The molecule has 1 N–H and O–H groups in total. The molecular weight excluding hydrogens is 270 g/mol. The minimum atomic E-state index is 0. The Morgan fingerprint density at radius 2 is 1.25 bits per heavy atom. The number of quaternary nitrogens is 1. The third-order valence-electron chi connectivity index (χ3n) is 3.61. The van der Waals surface area contributed by atoms with Gasteiger partial charge in [-0.3, -0.25) is 0 Å². The van der Waals surface area contributed by atoms with Gasteiger partial charge in [-0.25, -0.2) is 0 Å². The van der Waals surface area contributed by atoms with E-state index >= 15 is 0 Å². The normalized spacial score (nSPS) is 11.2. The fraction of sp³-hybridized carbons (Fsp3) is 0.294. The van der Waals surface area contributed by atoms with Crippen LogP contribution >= 0.6 is 0 Å². The van der Waals surface area contributed by atoms with Crippen molar-refractivity contribution in [2.75, 3.05) is 27.2 Å². The van der Waals surface area contributed by atoms with E-state index in [9.17, 15) is 5.11 Å². The molecule has 0 saturated carbocycles. The number of likely N-dealkylation sites (N-methyl/N-ethyl adjacent to an activating group) is 1. The number of nitrogens with zero attached hydrogens (tertiary/aromatic N) is 1. The molecule has 0 atom stereocenters. The maximum atomic E-state index is 9.33. The SMILES string of the molecule is C[N+](C)(CCO)C(c1ccccc1)c1ccccc1.[Cl-]. The predicted molar refractivity (Wildman–Crippen MR) is 78.8 cm³/mol. The Morgan fingerprint density at radius 3 is 1.60 bits per heavy atom. The molecule has 2 aromatic rings. The molecule has 0 aliphatic carbocycles. The van der Waals surface area contributed by atoms with Crippen molar-refractivity contribution < 1.29 is 22.0 Å². The quantitative estimate of drug-likeness (QED) is 0.760. The lowest BCUT2D eigenvalue weighted by Gasteiger charge is -2.38. The lowest BCUT2D eigenvalue weighted by atomic mass is 9.96. The fourth-order valence-electron chi connectivity index (χ4n) is 2.66. The fourth-order valence-corrected chi connectivity index (χ4v) is 2.66. The van der Waals surface area contributed by atoms with Gasteiger partial charge in [0.25, 0.3) is 0 Å². The van der Waals surface area contributed by atoms with Crippen molar-refractivity contribution in [1.82, 2.24) is 0 Å². The summed E-state index contributed by atoms with van der Waals surface area (Å²) in [6, 6.07) is 21.3. The molecule has 0 saturated heterocycles. The van der Waals surface area contributed by atoms with Crippen LogP contribution < -0.4 is 12.4 Å². The smallest absolute Gasteiger partial charge is 0.140 e. The highest BCUT2D eigenvalue weighted by Gasteiger charge is 2.30. The van der Waals surface area contributed by atoms with E-state index in [1.165, 1.54) is 11.1 Å². The first kappa shape index (κ1) is 16.7. The minimum Gasteiger partial charge on any atom is -1.00 e. The largest absolute Gasteiger partial charge is 1.00 e. The van der Waals surface area contributed by atoms with Crippen molar-refractivity contribution in [1.29, 1.82) is 0 Å². The second-order valence-electron chi connectivity index (χ2n) is 5.45. The zero-order valence-electron chi connectivity index (χ0n) is 12.0. The van der Waals surface area contributed by atoms with Crippen molar-refractivity contribution in [3.8, 4) is 0 Å². The van der Waals surface area contributed by atoms with E-state index in [1.54, 1.807) is 0 Å². The monoisotopic (exact) mass is 291 g/mol. The number of aliphatic hydroxyl groups excluding tert-OH is 1. The Morgan fingerprint density at radius 1 is 0.850 bits per heavy atom. The van der Waals surface area contributed by atoms with Gasteiger partial charge in [0.2, 0.25) is 0 Å². The molecule has 0 aliphatic heterocycles. The van der Waals surface area contributed by atoms with Crippen LogP contribution in [0.4, 0.5) is 0 Å². The summed E-state index contributed by atoms with van der Waals surface area (Å²) in [6.45, 7) is 0.928. The van der Waals surface area contributed by atoms with Gasteiger partial charge in [-0.15, -0.1) is 0 Å². The Labute approximate surface area is 127 Å². The van der Waals surface area contributed by atoms with Gasteiger partial charge in [0, 0.05) is 11.1 Å². The summed E-state index contributed by atoms with van der Waals surface area (Å²) in [5, 5.41) is 9.33. The molecule has 2 nitrogen and oxygen atoms in total. The molecule has 2 rings (SSSR count). The molecule has 20 heavy (non-hydrogen) atoms. The highest BCUT2D eigenvalue weighted by Crippen LogP contribution is 2.31. The van der Waals surface area contributed by atoms with Gasteiger partial charge in [0.05, 0.1) is 20.7 Å². The molecule has 3 heteroatoms. The molecule has 0 radical (unpaired) electrons. The third kappa shape index (κ3) is 3.83. The molecule has 2 aromatic carbocycles. The summed E-state index contributed by atoms with van der Waals surface area (Å²) >= 11 is 0. The van der Waals surface area contributed by atoms with Gasteiger partial charge in [-0.2, -0.15) is 0 Å². The average molecular weight is 292 g/mol. The van der Waals surface area contributed by atoms with Crippen LogP contribution in [0, 0.1) is 0 Å². The molecule has 0 amide bonds. The van der Waals surface area contributed by atoms with Crippen molar-refractivity contribution in [2.24, 2.45) is 0 Å². The van der Waals surface area contributed by atoms with Crippen LogP contribution in [0.1, 0.15) is 17.2 Å². The zero-order valence-corrected chi connectivity index (χ0v) is 12.8. The highest BCUT2D eigenvalue weighted by molar-refractivity contribution is 5.29. The van der Waals surface area contributed by atoms with Crippen molar-refractivity contribution in [2.45, 2.75) is 6.04 Å². The van der Waals surface area contributed by atoms with Gasteiger partial charge < -0.3 is 22.0 Å². The molecule has 0 bridgehead atoms. The maximum Gasteiger partial charge on any atom is 0.140 e. The van der Waals surface area contributed by atoms with Crippen molar-refractivity contribution in [3.63, 3.8) is 0 Å². The maximum absolute atomic E-state index is 9.33. The topological polar surface area (TPSA) is 20.2 Å². The third-order valence-corrected chi connectivity index (χ3v) is 3.61. The van der Waals surface area contributed by atoms with Crippen LogP contribution in [0.5, 0.6) is 0 Å². The first-order chi connectivity index (χ1) is 9.15. The predicted octanol–water partition coefficient (Wildman–Crippen LogP) is -0.151. The second-order valence-corrected chi connectivity index (χ2v) is 5.45. The first-order valence-electron chi connectivity index (χ1n) is 6.68. The number of rotatable bonds is 5. The molecule has 0 aromatic heterocycles. The standard InChI is InChI=1S/C17H22NO.ClH/c1-18(2,13-14-19)17(15-9-5-3-6-10-15)16-11-7-4-8-12-16;/h3-12,17,19H,13-14H2,1-2H3;1H/q+1;/p-1. The molecule has 0 aliphatic rings. The molecule has 0 spiro atoms. The second kappa shape index (κ2) is 7.44. The van der Waals surface area contributed by atoms with E-state index in [4.69, 9.17) is 0 Å². The summed E-state index contributed by atoms with van der Waals surface area (Å²) in [5.74, 6) is 0. The Kier molecular flexibility index (Phi) is 6.21. The van der Waals surface area contributed by atoms with E-state index in [0.717, 1.165) is 11.0 Å². The molecule has 0 unspecified atom stereocenters. The molecular formula is C17H22ClNO. The van der Waals surface area contributed by atoms with Gasteiger partial charge in [-0.1, -0.05) is 60.7 Å². The highest BCUT2D eigenvalue weighted by atomic mass is 35.5. The van der Waals surface area contributed by atoms with Crippen LogP contribution in [-0.2, 0) is 0 Å². The first-order valence-corrected chi connectivity index (χ1v) is 6.68. The van der Waals surface area contributed by atoms with Crippen LogP contribution in [0.3, 0.4) is 0 Å². The zero-order chi connectivity index (χ0) is 13.7. The summed E-state index contributed by atoms with van der Waals surface area (Å²) in [7, 11) is 4.34. The van der Waals surface area contributed by atoms with Crippen molar-refractivity contribution >= 4 is 0 Å². The van der Waals surface area contributed by atoms with Crippen LogP contribution in [-0.4, -0.2) is 36.8 Å². The van der Waals surface area contributed by atoms with E-state index in [0.29, 0.717) is 0 Å². The van der Waals surface area contributed by atoms with Gasteiger partial charge in [0.1, 0.15) is 12.6 Å². The number of benzene rings is 2. The molecule has 0 heterocycles. The Hall–Kier alpha value is -1.35. The van der Waals surface area contributed by atoms with Crippen molar-refractivity contribution in [3.05, 3.63) is 71.8 Å². The van der Waals surface area contributed by atoms with Gasteiger partial charge in [0.15, 0.2) is 0 Å². The minimum absolute atomic E-state index is 0. The Bertz CT molecular complexity index is 459. The summed E-state index contributed by atoms with van der Waals surface area (Å²) in [5.41, 5.74) is 2.57. The van der Waals surface area contributed by atoms with Crippen LogP contribution in [0.15, 0.2) is 60.7 Å². The van der Waals surface area contributed by atoms with E-state index in [-0.39, 0.29) is 25.1 Å². The molecule has 108 valence electrons. The van der Waals surface area contributed by atoms with Gasteiger partial charge in [-0.05, 0) is 0 Å². The number of halogens is 1. The number of hydrogen-bond acceptors (Lipinski definition) is 1.